The zero-order valence-corrected chi connectivity index (χ0v) is 18.8. The Morgan fingerprint density at radius 2 is 2.18 bits per heavy atom. The summed E-state index contributed by atoms with van der Waals surface area (Å²) in [6, 6.07) is 2.87. The maximum absolute atomic E-state index is 14.6. The van der Waals surface area contributed by atoms with E-state index >= 15 is 0 Å². The van der Waals surface area contributed by atoms with Crippen LogP contribution in [0.3, 0.4) is 0 Å². The molecule has 2 saturated heterocycles. The third-order valence-corrected chi connectivity index (χ3v) is 8.50. The fraction of sp³-hybridized carbons (Fsp3) is 0.471. The van der Waals surface area contributed by atoms with E-state index in [1.165, 1.54) is 19.0 Å². The second-order valence-electron chi connectivity index (χ2n) is 7.01. The number of thiazole rings is 1. The summed E-state index contributed by atoms with van der Waals surface area (Å²) in [5, 5.41) is 3.52. The Hall–Kier alpha value is -0.940. The lowest BCUT2D eigenvalue weighted by Gasteiger charge is -2.21. The van der Waals surface area contributed by atoms with E-state index in [9.17, 15) is 12.8 Å². The molecular weight excluding hydrogens is 491 g/mol. The second kappa shape index (κ2) is 8.06. The van der Waals surface area contributed by atoms with Crippen molar-refractivity contribution in [1.29, 1.82) is 0 Å². The molecule has 2 aliphatic rings. The van der Waals surface area contributed by atoms with Crippen LogP contribution in [0.15, 0.2) is 27.0 Å². The molecular formula is C17H19BrClFN4O2S2. The highest BCUT2D eigenvalue weighted by Gasteiger charge is 2.36. The number of rotatable bonds is 6. The van der Waals surface area contributed by atoms with Crippen LogP contribution in [0.4, 0.5) is 15.2 Å². The normalized spacial score (nSPS) is 22.4. The maximum atomic E-state index is 14.6. The van der Waals surface area contributed by atoms with Gasteiger partial charge in [-0.05, 0) is 66.3 Å². The van der Waals surface area contributed by atoms with Gasteiger partial charge in [0.2, 0.25) is 0 Å². The van der Waals surface area contributed by atoms with Gasteiger partial charge in [-0.15, -0.1) is 0 Å². The van der Waals surface area contributed by atoms with E-state index < -0.39 is 20.7 Å². The van der Waals surface area contributed by atoms with Crippen molar-refractivity contribution >= 4 is 59.7 Å². The molecule has 0 spiro atoms. The number of nitrogens with one attached hydrogen (secondary N) is 2. The lowest BCUT2D eigenvalue weighted by atomic mass is 9.98. The van der Waals surface area contributed by atoms with Gasteiger partial charge < -0.3 is 10.2 Å². The Kier molecular flexibility index (Phi) is 5.85. The molecule has 1 aromatic carbocycles. The highest BCUT2D eigenvalue weighted by molar-refractivity contribution is 9.11. The molecule has 0 aliphatic carbocycles. The fourth-order valence-electron chi connectivity index (χ4n) is 4.01. The van der Waals surface area contributed by atoms with Gasteiger partial charge in [-0.2, -0.15) is 0 Å². The van der Waals surface area contributed by atoms with Crippen LogP contribution in [0.25, 0.3) is 0 Å². The number of halogens is 3. The molecule has 28 heavy (non-hydrogen) atoms. The van der Waals surface area contributed by atoms with Crippen molar-refractivity contribution in [1.82, 2.24) is 9.88 Å². The number of sulfonamides is 1. The third-order valence-electron chi connectivity index (χ3n) is 5.31. The molecule has 0 bridgehead atoms. The Morgan fingerprint density at radius 3 is 2.93 bits per heavy atom. The molecule has 0 amide bonds. The van der Waals surface area contributed by atoms with E-state index in [-0.39, 0.29) is 10.2 Å². The van der Waals surface area contributed by atoms with Gasteiger partial charge in [0.1, 0.15) is 10.7 Å². The first-order chi connectivity index (χ1) is 13.3. The van der Waals surface area contributed by atoms with Crippen molar-refractivity contribution in [2.75, 3.05) is 29.7 Å². The molecule has 2 fully saturated rings. The summed E-state index contributed by atoms with van der Waals surface area (Å²) in [6.07, 6.45) is 5.00. The lowest BCUT2D eigenvalue weighted by molar-refractivity contribution is 0.295. The topological polar surface area (TPSA) is 74.3 Å². The highest BCUT2D eigenvalue weighted by Crippen LogP contribution is 2.34. The summed E-state index contributed by atoms with van der Waals surface area (Å²) >= 11 is 10.6. The molecule has 0 radical (unpaired) electrons. The molecule has 3 heterocycles. The van der Waals surface area contributed by atoms with Crippen LogP contribution in [-0.2, 0) is 10.0 Å². The smallest absolute Gasteiger partial charge is 0.266 e. The van der Waals surface area contributed by atoms with E-state index in [0.717, 1.165) is 43.0 Å². The van der Waals surface area contributed by atoms with E-state index in [4.69, 9.17) is 11.6 Å². The minimum atomic E-state index is -4.13. The van der Waals surface area contributed by atoms with Gasteiger partial charge in [-0.1, -0.05) is 22.9 Å². The van der Waals surface area contributed by atoms with Gasteiger partial charge in [0.15, 0.2) is 5.13 Å². The summed E-state index contributed by atoms with van der Waals surface area (Å²) in [7, 11) is -4.13. The number of hydrogen-bond donors (Lipinski definition) is 2. The standard InChI is InChI=1S/C17H19BrClFN4O2S2/c18-16-9-22-17(27-16)23-28(25,26)15-6-11(19)13(7-12(15)20)21-8-10-3-5-24-4-1-2-14(10)24/h6-7,9-10,14,21H,1-5,8H2,(H,22,23)/t10-,14?/m0/s1. The summed E-state index contributed by atoms with van der Waals surface area (Å²) in [4.78, 5) is 5.91. The van der Waals surface area contributed by atoms with Crippen LogP contribution in [0.5, 0.6) is 0 Å². The fourth-order valence-corrected chi connectivity index (χ4v) is 6.74. The zero-order valence-electron chi connectivity index (χ0n) is 14.8. The summed E-state index contributed by atoms with van der Waals surface area (Å²) < 4.78 is 42.5. The summed E-state index contributed by atoms with van der Waals surface area (Å²) in [5.74, 6) is -0.362. The van der Waals surface area contributed by atoms with Crippen molar-refractivity contribution in [3.05, 3.63) is 33.0 Å². The predicted molar refractivity (Wildman–Crippen MR) is 113 cm³/mol. The average molecular weight is 510 g/mol. The zero-order chi connectivity index (χ0) is 19.9. The number of nitrogens with zero attached hydrogens (tertiary/aromatic N) is 2. The number of hydrogen-bond acceptors (Lipinski definition) is 6. The maximum Gasteiger partial charge on any atom is 0.266 e. The number of benzene rings is 1. The molecule has 2 atom stereocenters. The van der Waals surface area contributed by atoms with Gasteiger partial charge in [0, 0.05) is 12.6 Å². The Morgan fingerprint density at radius 1 is 1.36 bits per heavy atom. The summed E-state index contributed by atoms with van der Waals surface area (Å²) in [5.41, 5.74) is 0.409. The lowest BCUT2D eigenvalue weighted by Crippen LogP contribution is -2.29. The van der Waals surface area contributed by atoms with E-state index in [2.05, 4.69) is 35.9 Å². The van der Waals surface area contributed by atoms with E-state index in [0.29, 0.717) is 28.0 Å². The molecule has 1 unspecified atom stereocenters. The number of anilines is 2. The molecule has 2 aliphatic heterocycles. The molecule has 1 aromatic heterocycles. The van der Waals surface area contributed by atoms with Crippen molar-refractivity contribution in [3.8, 4) is 0 Å². The van der Waals surface area contributed by atoms with Crippen LogP contribution in [0.1, 0.15) is 19.3 Å². The van der Waals surface area contributed by atoms with Gasteiger partial charge in [0.25, 0.3) is 10.0 Å². The number of aromatic nitrogens is 1. The van der Waals surface area contributed by atoms with Gasteiger partial charge >= 0.3 is 0 Å². The first-order valence-electron chi connectivity index (χ1n) is 8.94. The molecule has 152 valence electrons. The Bertz CT molecular complexity index is 988. The molecule has 6 nitrogen and oxygen atoms in total. The van der Waals surface area contributed by atoms with E-state index in [1.54, 1.807) is 0 Å². The first-order valence-corrected chi connectivity index (χ1v) is 12.4. The van der Waals surface area contributed by atoms with Crippen molar-refractivity contribution < 1.29 is 12.8 Å². The SMILES string of the molecule is O=S(=O)(Nc1ncc(Br)s1)c1cc(Cl)c(NC[C@@H]2CCN3CCCC23)cc1F. The highest BCUT2D eigenvalue weighted by atomic mass is 79.9. The minimum Gasteiger partial charge on any atom is -0.383 e. The second-order valence-corrected chi connectivity index (χ2v) is 11.5. The largest absolute Gasteiger partial charge is 0.383 e. The summed E-state index contributed by atoms with van der Waals surface area (Å²) in [6.45, 7) is 2.96. The molecule has 4 rings (SSSR count). The van der Waals surface area contributed by atoms with Crippen LogP contribution >= 0.6 is 38.9 Å². The van der Waals surface area contributed by atoms with Crippen LogP contribution in [0.2, 0.25) is 5.02 Å². The third kappa shape index (κ3) is 4.16. The number of fused-ring (bicyclic) bond motifs is 1. The van der Waals surface area contributed by atoms with E-state index in [1.807, 2.05) is 0 Å². The first kappa shape index (κ1) is 20.3. The molecule has 2 N–H and O–H groups in total. The van der Waals surface area contributed by atoms with Crippen LogP contribution in [-0.4, -0.2) is 44.0 Å². The van der Waals surface area contributed by atoms with Gasteiger partial charge in [-0.3, -0.25) is 4.72 Å². The van der Waals surface area contributed by atoms with Crippen LogP contribution in [0, 0.1) is 11.7 Å². The monoisotopic (exact) mass is 508 g/mol. The van der Waals surface area contributed by atoms with Gasteiger partial charge in [-0.25, -0.2) is 17.8 Å². The molecule has 11 heteroatoms. The quantitative estimate of drug-likeness (QED) is 0.604. The Labute approximate surface area is 180 Å². The minimum absolute atomic E-state index is 0.145. The van der Waals surface area contributed by atoms with Crippen molar-refractivity contribution in [2.45, 2.75) is 30.2 Å². The van der Waals surface area contributed by atoms with Crippen molar-refractivity contribution in [3.63, 3.8) is 0 Å². The van der Waals surface area contributed by atoms with Crippen molar-refractivity contribution in [2.24, 2.45) is 5.92 Å². The molecule has 2 aromatic rings. The van der Waals surface area contributed by atoms with Gasteiger partial charge in [0.05, 0.1) is 20.7 Å². The Balaban J connectivity index is 1.48. The average Bonchev–Trinajstić information content (AvgIpc) is 3.33. The van der Waals surface area contributed by atoms with Crippen LogP contribution < -0.4 is 10.0 Å². The predicted octanol–water partition coefficient (Wildman–Crippen LogP) is 4.40. The molecule has 0 saturated carbocycles.